The minimum Gasteiger partial charge on any atom is -0.320 e. The highest BCUT2D eigenvalue weighted by Crippen LogP contribution is 2.26. The predicted molar refractivity (Wildman–Crippen MR) is 82.6 cm³/mol. The van der Waals surface area contributed by atoms with Crippen LogP contribution in [0.4, 0.5) is 0 Å². The molecule has 0 amide bonds. The molecule has 1 nitrogen and oxygen atoms in total. The molecule has 2 heteroatoms. The summed E-state index contributed by atoms with van der Waals surface area (Å²) in [5, 5.41) is 0.722. The maximum absolute atomic E-state index is 6.29. The molecule has 0 fully saturated rings. The Balaban J connectivity index is 2.27. The lowest BCUT2D eigenvalue weighted by atomic mass is 9.86. The van der Waals surface area contributed by atoms with Crippen molar-refractivity contribution < 1.29 is 0 Å². The first-order valence-electron chi connectivity index (χ1n) is 6.49. The second kappa shape index (κ2) is 5.36. The largest absolute Gasteiger partial charge is 0.320 e. The maximum atomic E-state index is 6.29. The fourth-order valence-electron chi connectivity index (χ4n) is 2.08. The molecule has 2 N–H and O–H groups in total. The van der Waals surface area contributed by atoms with Gasteiger partial charge in [0.25, 0.3) is 0 Å². The summed E-state index contributed by atoms with van der Waals surface area (Å²) in [6, 6.07) is 16.1. The summed E-state index contributed by atoms with van der Waals surface area (Å²) in [5.74, 6) is 0. The van der Waals surface area contributed by atoms with Crippen LogP contribution in [0.25, 0.3) is 0 Å². The van der Waals surface area contributed by atoms with E-state index in [4.69, 9.17) is 17.3 Å². The topological polar surface area (TPSA) is 26.0 Å². The van der Waals surface area contributed by atoms with Crippen LogP contribution >= 0.6 is 11.6 Å². The molecule has 0 saturated carbocycles. The highest BCUT2D eigenvalue weighted by molar-refractivity contribution is 6.30. The Labute approximate surface area is 120 Å². The van der Waals surface area contributed by atoms with E-state index < -0.39 is 0 Å². The van der Waals surface area contributed by atoms with E-state index in [0.717, 1.165) is 16.1 Å². The number of hydrogen-bond acceptors (Lipinski definition) is 1. The summed E-state index contributed by atoms with van der Waals surface area (Å²) in [6.45, 7) is 6.62. The maximum Gasteiger partial charge on any atom is 0.0552 e. The van der Waals surface area contributed by atoms with E-state index in [1.54, 1.807) is 0 Å². The fraction of sp³-hybridized carbons (Fsp3) is 0.294. The van der Waals surface area contributed by atoms with Crippen LogP contribution in [-0.2, 0) is 5.41 Å². The van der Waals surface area contributed by atoms with Gasteiger partial charge in [0, 0.05) is 5.02 Å². The number of hydrogen-bond donors (Lipinski definition) is 1. The van der Waals surface area contributed by atoms with Gasteiger partial charge in [-0.25, -0.2) is 0 Å². The third-order valence-electron chi connectivity index (χ3n) is 3.34. The van der Waals surface area contributed by atoms with E-state index in [1.807, 2.05) is 24.3 Å². The van der Waals surface area contributed by atoms with Gasteiger partial charge in [0.2, 0.25) is 0 Å². The number of halogens is 1. The third kappa shape index (κ3) is 3.37. The summed E-state index contributed by atoms with van der Waals surface area (Å²) in [4.78, 5) is 0. The molecule has 0 spiro atoms. The lowest BCUT2D eigenvalue weighted by Crippen LogP contribution is -2.14. The van der Waals surface area contributed by atoms with Crippen molar-refractivity contribution in [3.63, 3.8) is 0 Å². The van der Waals surface area contributed by atoms with E-state index in [9.17, 15) is 0 Å². The molecule has 0 radical (unpaired) electrons. The van der Waals surface area contributed by atoms with Crippen LogP contribution in [0.15, 0.2) is 48.5 Å². The molecule has 1 atom stereocenters. The van der Waals surface area contributed by atoms with Crippen molar-refractivity contribution in [1.29, 1.82) is 0 Å². The lowest BCUT2D eigenvalue weighted by Gasteiger charge is -2.20. The summed E-state index contributed by atoms with van der Waals surface area (Å²) < 4.78 is 0. The van der Waals surface area contributed by atoms with Crippen LogP contribution < -0.4 is 5.73 Å². The normalized spacial score (nSPS) is 13.3. The first-order valence-corrected chi connectivity index (χ1v) is 6.87. The van der Waals surface area contributed by atoms with E-state index in [1.165, 1.54) is 5.56 Å². The Morgan fingerprint density at radius 2 is 1.58 bits per heavy atom. The second-order valence-electron chi connectivity index (χ2n) is 5.90. The van der Waals surface area contributed by atoms with E-state index in [0.29, 0.717) is 0 Å². The van der Waals surface area contributed by atoms with Gasteiger partial charge in [-0.15, -0.1) is 0 Å². The van der Waals surface area contributed by atoms with E-state index in [2.05, 4.69) is 45.0 Å². The standard InChI is InChI=1S/C17H20ClN/c1-17(2,3)14-9-7-12(8-10-14)16(19)13-5-4-6-15(18)11-13/h4-11,16H,19H2,1-3H3. The molecule has 2 aromatic carbocycles. The zero-order valence-corrected chi connectivity index (χ0v) is 12.4. The number of benzene rings is 2. The predicted octanol–water partition coefficient (Wildman–Crippen LogP) is 4.69. The van der Waals surface area contributed by atoms with Crippen molar-refractivity contribution in [3.05, 3.63) is 70.2 Å². The molecule has 0 aliphatic rings. The van der Waals surface area contributed by atoms with Gasteiger partial charge in [-0.3, -0.25) is 0 Å². The minimum atomic E-state index is -0.132. The van der Waals surface area contributed by atoms with Gasteiger partial charge in [0.05, 0.1) is 6.04 Å². The van der Waals surface area contributed by atoms with Crippen LogP contribution in [0.1, 0.15) is 43.5 Å². The quantitative estimate of drug-likeness (QED) is 0.844. The summed E-state index contributed by atoms with van der Waals surface area (Å²) in [7, 11) is 0. The molecule has 0 aliphatic heterocycles. The second-order valence-corrected chi connectivity index (χ2v) is 6.34. The van der Waals surface area contributed by atoms with Crippen LogP contribution in [0.2, 0.25) is 5.02 Å². The van der Waals surface area contributed by atoms with Crippen molar-refractivity contribution in [2.45, 2.75) is 32.2 Å². The Kier molecular flexibility index (Phi) is 3.98. The molecule has 0 heterocycles. The first kappa shape index (κ1) is 14.1. The summed E-state index contributed by atoms with van der Waals surface area (Å²) in [5.41, 5.74) is 9.91. The Hall–Kier alpha value is -1.31. The third-order valence-corrected chi connectivity index (χ3v) is 3.58. The van der Waals surface area contributed by atoms with Crippen LogP contribution in [0, 0.1) is 0 Å². The fourth-order valence-corrected chi connectivity index (χ4v) is 2.28. The van der Waals surface area contributed by atoms with Crippen LogP contribution in [0.5, 0.6) is 0 Å². The van der Waals surface area contributed by atoms with Gasteiger partial charge in [0.15, 0.2) is 0 Å². The first-order chi connectivity index (χ1) is 8.88. The highest BCUT2D eigenvalue weighted by atomic mass is 35.5. The van der Waals surface area contributed by atoms with Crippen molar-refractivity contribution in [3.8, 4) is 0 Å². The summed E-state index contributed by atoms with van der Waals surface area (Å²) in [6.07, 6.45) is 0. The molecule has 0 aliphatic carbocycles. The van der Waals surface area contributed by atoms with Gasteiger partial charge in [-0.05, 0) is 34.2 Å². The number of rotatable bonds is 2. The van der Waals surface area contributed by atoms with E-state index >= 15 is 0 Å². The van der Waals surface area contributed by atoms with Crippen LogP contribution in [0.3, 0.4) is 0 Å². The molecular formula is C17H20ClN. The van der Waals surface area contributed by atoms with Crippen LogP contribution in [-0.4, -0.2) is 0 Å². The molecule has 19 heavy (non-hydrogen) atoms. The Morgan fingerprint density at radius 3 is 2.11 bits per heavy atom. The molecular weight excluding hydrogens is 254 g/mol. The molecule has 0 aromatic heterocycles. The minimum absolute atomic E-state index is 0.132. The van der Waals surface area contributed by atoms with Crippen molar-refractivity contribution >= 4 is 11.6 Å². The van der Waals surface area contributed by atoms with Crippen molar-refractivity contribution in [2.75, 3.05) is 0 Å². The highest BCUT2D eigenvalue weighted by Gasteiger charge is 2.14. The van der Waals surface area contributed by atoms with E-state index in [-0.39, 0.29) is 11.5 Å². The van der Waals surface area contributed by atoms with Gasteiger partial charge >= 0.3 is 0 Å². The average molecular weight is 274 g/mol. The molecule has 0 bridgehead atoms. The monoisotopic (exact) mass is 273 g/mol. The smallest absolute Gasteiger partial charge is 0.0552 e. The zero-order valence-electron chi connectivity index (χ0n) is 11.7. The summed E-state index contributed by atoms with van der Waals surface area (Å²) >= 11 is 6.01. The molecule has 100 valence electrons. The SMILES string of the molecule is CC(C)(C)c1ccc(C(N)c2cccc(Cl)c2)cc1. The Morgan fingerprint density at radius 1 is 0.947 bits per heavy atom. The molecule has 1 unspecified atom stereocenters. The molecule has 2 rings (SSSR count). The van der Waals surface area contributed by atoms with Crippen molar-refractivity contribution in [1.82, 2.24) is 0 Å². The Bertz CT molecular complexity index is 552. The average Bonchev–Trinajstić information content (AvgIpc) is 2.37. The van der Waals surface area contributed by atoms with Gasteiger partial charge in [-0.2, -0.15) is 0 Å². The lowest BCUT2D eigenvalue weighted by molar-refractivity contribution is 0.589. The van der Waals surface area contributed by atoms with Crippen molar-refractivity contribution in [2.24, 2.45) is 5.73 Å². The number of nitrogens with two attached hydrogens (primary N) is 1. The molecule has 0 saturated heterocycles. The zero-order chi connectivity index (χ0) is 14.0. The molecule has 2 aromatic rings. The van der Waals surface area contributed by atoms with Gasteiger partial charge in [0.1, 0.15) is 0 Å². The van der Waals surface area contributed by atoms with Gasteiger partial charge in [-0.1, -0.05) is 68.8 Å². The van der Waals surface area contributed by atoms with Gasteiger partial charge < -0.3 is 5.73 Å².